The van der Waals surface area contributed by atoms with E-state index in [-0.39, 0.29) is 11.6 Å². The van der Waals surface area contributed by atoms with E-state index in [0.717, 1.165) is 6.33 Å². The lowest BCUT2D eigenvalue weighted by atomic mass is 10.2. The lowest BCUT2D eigenvalue weighted by Gasteiger charge is -2.11. The summed E-state index contributed by atoms with van der Waals surface area (Å²) in [5.41, 5.74) is 4.77. The van der Waals surface area contributed by atoms with Crippen LogP contribution in [0.25, 0.3) is 0 Å². The molecule has 11 nitrogen and oxygen atoms in total. The maximum atomic E-state index is 12.1. The minimum Gasteiger partial charge on any atom is -0.497 e. The lowest BCUT2D eigenvalue weighted by Crippen LogP contribution is -2.30. The van der Waals surface area contributed by atoms with Gasteiger partial charge in [0.1, 0.15) is 12.1 Å². The molecule has 1 aromatic carbocycles. The summed E-state index contributed by atoms with van der Waals surface area (Å²) in [6, 6.07) is 6.36. The van der Waals surface area contributed by atoms with Crippen LogP contribution in [0.4, 0.5) is 17.3 Å². The van der Waals surface area contributed by atoms with Gasteiger partial charge in [-0.3, -0.25) is 25.8 Å². The summed E-state index contributed by atoms with van der Waals surface area (Å²) in [5, 5.41) is 14.1. The number of ether oxygens (including phenoxy) is 2. The van der Waals surface area contributed by atoms with Crippen LogP contribution < -0.4 is 20.9 Å². The van der Waals surface area contributed by atoms with E-state index >= 15 is 0 Å². The number of rotatable bonds is 9. The van der Waals surface area contributed by atoms with E-state index in [0.29, 0.717) is 24.5 Å². The zero-order chi connectivity index (χ0) is 18.9. The number of hydrazine groups is 1. The van der Waals surface area contributed by atoms with Crippen LogP contribution in [0, 0.1) is 10.1 Å². The Labute approximate surface area is 148 Å². The van der Waals surface area contributed by atoms with Crippen molar-refractivity contribution < 1.29 is 19.2 Å². The van der Waals surface area contributed by atoms with Crippen LogP contribution in [-0.2, 0) is 4.74 Å². The van der Waals surface area contributed by atoms with E-state index in [1.165, 1.54) is 14.2 Å². The molecule has 1 heterocycles. The van der Waals surface area contributed by atoms with Crippen molar-refractivity contribution >= 4 is 23.2 Å². The van der Waals surface area contributed by atoms with Crippen molar-refractivity contribution in [2.24, 2.45) is 0 Å². The normalized spacial score (nSPS) is 10.1. The molecule has 0 aliphatic carbocycles. The maximum Gasteiger partial charge on any atom is 0.354 e. The summed E-state index contributed by atoms with van der Waals surface area (Å²) >= 11 is 0. The smallest absolute Gasteiger partial charge is 0.354 e. The molecule has 3 N–H and O–H groups in total. The third kappa shape index (κ3) is 4.77. The first-order valence-corrected chi connectivity index (χ1v) is 7.49. The predicted molar refractivity (Wildman–Crippen MR) is 93.1 cm³/mol. The van der Waals surface area contributed by atoms with Crippen molar-refractivity contribution in [2.45, 2.75) is 0 Å². The van der Waals surface area contributed by atoms with Gasteiger partial charge in [-0.25, -0.2) is 9.97 Å². The zero-order valence-electron chi connectivity index (χ0n) is 14.2. The minimum absolute atomic E-state index is 0.0169. The van der Waals surface area contributed by atoms with Crippen LogP contribution in [-0.4, -0.2) is 48.2 Å². The molecule has 0 unspecified atom stereocenters. The molecule has 0 bridgehead atoms. The number of hydrogen-bond donors (Lipinski definition) is 3. The number of carbonyl (C=O) groups is 1. The molecule has 1 aromatic heterocycles. The van der Waals surface area contributed by atoms with Gasteiger partial charge in [0, 0.05) is 19.2 Å². The first-order valence-electron chi connectivity index (χ1n) is 7.49. The fraction of sp³-hybridized carbons (Fsp3) is 0.267. The van der Waals surface area contributed by atoms with Crippen LogP contribution >= 0.6 is 0 Å². The molecular weight excluding hydrogens is 344 g/mol. The Morgan fingerprint density at radius 2 is 1.88 bits per heavy atom. The number of nitrogens with one attached hydrogen (secondary N) is 3. The van der Waals surface area contributed by atoms with Gasteiger partial charge in [0.05, 0.1) is 18.6 Å². The van der Waals surface area contributed by atoms with Gasteiger partial charge in [0.15, 0.2) is 0 Å². The molecule has 2 rings (SSSR count). The molecule has 0 radical (unpaired) electrons. The number of nitro groups is 1. The first-order chi connectivity index (χ1) is 12.6. The second-order valence-electron chi connectivity index (χ2n) is 4.90. The molecule has 138 valence electrons. The summed E-state index contributed by atoms with van der Waals surface area (Å²) in [6.45, 7) is 0.671. The minimum atomic E-state index is -0.642. The Bertz CT molecular complexity index is 768. The monoisotopic (exact) mass is 362 g/mol. The lowest BCUT2D eigenvalue weighted by molar-refractivity contribution is -0.383. The van der Waals surface area contributed by atoms with E-state index in [9.17, 15) is 14.9 Å². The van der Waals surface area contributed by atoms with Gasteiger partial charge in [-0.2, -0.15) is 0 Å². The van der Waals surface area contributed by atoms with Crippen molar-refractivity contribution in [1.82, 2.24) is 15.4 Å². The summed E-state index contributed by atoms with van der Waals surface area (Å²) < 4.78 is 9.90. The van der Waals surface area contributed by atoms with Crippen molar-refractivity contribution in [3.63, 3.8) is 0 Å². The number of hydrogen-bond acceptors (Lipinski definition) is 9. The molecule has 0 aliphatic heterocycles. The van der Waals surface area contributed by atoms with Gasteiger partial charge < -0.3 is 14.8 Å². The van der Waals surface area contributed by atoms with E-state index in [1.807, 2.05) is 0 Å². The van der Waals surface area contributed by atoms with Gasteiger partial charge >= 0.3 is 5.69 Å². The van der Waals surface area contributed by atoms with E-state index in [2.05, 4.69) is 26.1 Å². The van der Waals surface area contributed by atoms with E-state index < -0.39 is 16.5 Å². The predicted octanol–water partition coefficient (Wildman–Crippen LogP) is 1.21. The SMILES string of the molecule is COCCNc1ncnc(NNC(=O)c2ccc(OC)cc2)c1[N+](=O)[O-]. The molecule has 2 aromatic rings. The number of benzene rings is 1. The number of amides is 1. The third-order valence-corrected chi connectivity index (χ3v) is 3.25. The molecule has 0 saturated heterocycles. The molecule has 0 aliphatic rings. The van der Waals surface area contributed by atoms with E-state index in [1.54, 1.807) is 24.3 Å². The van der Waals surface area contributed by atoms with Crippen LogP contribution in [0.2, 0.25) is 0 Å². The zero-order valence-corrected chi connectivity index (χ0v) is 14.2. The van der Waals surface area contributed by atoms with Gasteiger partial charge in [-0.1, -0.05) is 0 Å². The molecule has 0 fully saturated rings. The van der Waals surface area contributed by atoms with Gasteiger partial charge in [0.2, 0.25) is 11.6 Å². The number of nitrogens with zero attached hydrogens (tertiary/aromatic N) is 3. The highest BCUT2D eigenvalue weighted by Gasteiger charge is 2.23. The van der Waals surface area contributed by atoms with Gasteiger partial charge in [0.25, 0.3) is 5.91 Å². The Balaban J connectivity index is 2.11. The Kier molecular flexibility index (Phi) is 6.62. The standard InChI is InChI=1S/C15H18N6O5/c1-25-8-7-16-13-12(21(23)24)14(18-9-17-13)19-20-15(22)10-3-5-11(26-2)6-4-10/h3-6,9H,7-8H2,1-2H3,(H,20,22)(H2,16,17,18,19). The fourth-order valence-electron chi connectivity index (χ4n) is 1.97. The molecule has 0 spiro atoms. The van der Waals surface area contributed by atoms with E-state index in [4.69, 9.17) is 9.47 Å². The van der Waals surface area contributed by atoms with Crippen LogP contribution in [0.15, 0.2) is 30.6 Å². The largest absolute Gasteiger partial charge is 0.497 e. The highest BCUT2D eigenvalue weighted by atomic mass is 16.6. The number of carbonyl (C=O) groups excluding carboxylic acids is 1. The number of methoxy groups -OCH3 is 2. The van der Waals surface area contributed by atoms with Crippen molar-refractivity contribution in [2.75, 3.05) is 38.1 Å². The first kappa shape index (κ1) is 18.9. The summed E-state index contributed by atoms with van der Waals surface area (Å²) in [5.74, 6) is -0.0165. The van der Waals surface area contributed by atoms with Gasteiger partial charge in [-0.15, -0.1) is 0 Å². The second kappa shape index (κ2) is 9.13. The average Bonchev–Trinajstić information content (AvgIpc) is 2.66. The highest BCUT2D eigenvalue weighted by molar-refractivity contribution is 5.95. The van der Waals surface area contributed by atoms with Crippen LogP contribution in [0.5, 0.6) is 5.75 Å². The second-order valence-corrected chi connectivity index (χ2v) is 4.90. The highest BCUT2D eigenvalue weighted by Crippen LogP contribution is 2.28. The quantitative estimate of drug-likeness (QED) is 0.341. The Morgan fingerprint density at radius 3 is 2.50 bits per heavy atom. The van der Waals surface area contributed by atoms with Crippen molar-refractivity contribution in [1.29, 1.82) is 0 Å². The molecular formula is C15H18N6O5. The van der Waals surface area contributed by atoms with Crippen molar-refractivity contribution in [3.8, 4) is 5.75 Å². The fourth-order valence-corrected chi connectivity index (χ4v) is 1.97. The Morgan fingerprint density at radius 1 is 1.19 bits per heavy atom. The van der Waals surface area contributed by atoms with Crippen molar-refractivity contribution in [3.05, 3.63) is 46.3 Å². The van der Waals surface area contributed by atoms with Crippen LogP contribution in [0.3, 0.4) is 0 Å². The Hall–Kier alpha value is -3.47. The summed E-state index contributed by atoms with van der Waals surface area (Å²) in [6.07, 6.45) is 1.14. The average molecular weight is 362 g/mol. The third-order valence-electron chi connectivity index (χ3n) is 3.25. The summed E-state index contributed by atoms with van der Waals surface area (Å²) in [7, 11) is 3.03. The number of anilines is 2. The molecule has 1 amide bonds. The summed E-state index contributed by atoms with van der Waals surface area (Å²) in [4.78, 5) is 30.5. The molecule has 11 heteroatoms. The maximum absolute atomic E-state index is 12.1. The molecule has 26 heavy (non-hydrogen) atoms. The van der Waals surface area contributed by atoms with Gasteiger partial charge in [-0.05, 0) is 24.3 Å². The molecule has 0 saturated carbocycles. The number of aromatic nitrogens is 2. The molecule has 0 atom stereocenters. The van der Waals surface area contributed by atoms with Crippen LogP contribution in [0.1, 0.15) is 10.4 Å². The topological polar surface area (TPSA) is 141 Å².